The van der Waals surface area contributed by atoms with Gasteiger partial charge in [0.2, 0.25) is 0 Å². The summed E-state index contributed by atoms with van der Waals surface area (Å²) in [6.45, 7) is 3.99. The maximum atomic E-state index is 11.5. The maximum Gasteiger partial charge on any atom is 0.323 e. The van der Waals surface area contributed by atoms with Gasteiger partial charge < -0.3 is 10.5 Å². The van der Waals surface area contributed by atoms with Gasteiger partial charge in [-0.15, -0.1) is 0 Å². The van der Waals surface area contributed by atoms with Gasteiger partial charge in [-0.05, 0) is 12.0 Å². The van der Waals surface area contributed by atoms with Crippen molar-refractivity contribution in [3.05, 3.63) is 42.8 Å². The monoisotopic (exact) mass is 220 g/mol. The van der Waals surface area contributed by atoms with E-state index in [0.29, 0.717) is 6.42 Å². The van der Waals surface area contributed by atoms with Crippen LogP contribution < -0.4 is 5.73 Å². The van der Waals surface area contributed by atoms with Crippen molar-refractivity contribution in [2.75, 3.05) is 0 Å². The number of nitrogens with two attached hydrogens (primary N) is 1. The van der Waals surface area contributed by atoms with Crippen LogP contribution in [0.1, 0.15) is 24.8 Å². The summed E-state index contributed by atoms with van der Waals surface area (Å²) in [7, 11) is 0. The summed E-state index contributed by atoms with van der Waals surface area (Å²) in [6.07, 6.45) is 2.28. The molecule has 0 saturated heterocycles. The molecule has 0 bridgehead atoms. The molecular formula is C13H18NO2. The molecule has 3 nitrogen and oxygen atoms in total. The molecule has 0 aromatic heterocycles. The van der Waals surface area contributed by atoms with Gasteiger partial charge in [0.25, 0.3) is 0 Å². The third-order valence-corrected chi connectivity index (χ3v) is 2.29. The first-order chi connectivity index (χ1) is 7.74. The molecule has 0 aliphatic carbocycles. The fourth-order valence-corrected chi connectivity index (χ4v) is 1.32. The molecule has 16 heavy (non-hydrogen) atoms. The summed E-state index contributed by atoms with van der Waals surface area (Å²) >= 11 is 0. The van der Waals surface area contributed by atoms with E-state index in [4.69, 9.17) is 10.5 Å². The van der Waals surface area contributed by atoms with E-state index in [0.717, 1.165) is 18.4 Å². The first kappa shape index (κ1) is 12.7. The minimum atomic E-state index is -0.523. The molecule has 0 spiro atoms. The molecule has 1 aromatic carbocycles. The van der Waals surface area contributed by atoms with Crippen LogP contribution in [0.3, 0.4) is 0 Å². The van der Waals surface area contributed by atoms with Gasteiger partial charge in [-0.3, -0.25) is 4.79 Å². The molecule has 0 heterocycles. The van der Waals surface area contributed by atoms with Crippen molar-refractivity contribution < 1.29 is 9.53 Å². The van der Waals surface area contributed by atoms with Crippen molar-refractivity contribution in [3.8, 4) is 0 Å². The minimum Gasteiger partial charge on any atom is -0.460 e. The van der Waals surface area contributed by atoms with Crippen LogP contribution >= 0.6 is 0 Å². The highest BCUT2D eigenvalue weighted by molar-refractivity contribution is 5.75. The summed E-state index contributed by atoms with van der Waals surface area (Å²) in [5, 5.41) is 0. The highest BCUT2D eigenvalue weighted by Crippen LogP contribution is 2.04. The topological polar surface area (TPSA) is 52.3 Å². The van der Waals surface area contributed by atoms with Crippen LogP contribution in [0.2, 0.25) is 0 Å². The summed E-state index contributed by atoms with van der Waals surface area (Å²) in [5.41, 5.74) is 6.64. The SMILES string of the molecule is [CH2]CCCC(N)C(=O)OCc1ccccc1. The zero-order valence-corrected chi connectivity index (χ0v) is 9.39. The molecule has 1 radical (unpaired) electrons. The second-order valence-electron chi connectivity index (χ2n) is 3.70. The number of esters is 1. The Kier molecular flexibility index (Phi) is 5.57. The van der Waals surface area contributed by atoms with Crippen molar-refractivity contribution in [1.82, 2.24) is 0 Å². The third kappa shape index (κ3) is 4.45. The van der Waals surface area contributed by atoms with Crippen LogP contribution in [0.5, 0.6) is 0 Å². The predicted octanol–water partition coefficient (Wildman–Crippen LogP) is 2.06. The van der Waals surface area contributed by atoms with Gasteiger partial charge in [0, 0.05) is 0 Å². The molecule has 1 aromatic rings. The summed E-state index contributed by atoms with van der Waals surface area (Å²) in [6, 6.07) is 9.04. The normalized spacial score (nSPS) is 12.1. The molecule has 1 unspecified atom stereocenters. The van der Waals surface area contributed by atoms with Gasteiger partial charge in [-0.2, -0.15) is 0 Å². The van der Waals surface area contributed by atoms with Crippen LogP contribution in [0, 0.1) is 6.92 Å². The van der Waals surface area contributed by atoms with Gasteiger partial charge in [0.1, 0.15) is 12.6 Å². The standard InChI is InChI=1S/C13H18NO2/c1-2-3-9-12(14)13(15)16-10-11-7-5-4-6-8-11/h4-8,12H,1-3,9-10,14H2. The van der Waals surface area contributed by atoms with Crippen LogP contribution in [-0.2, 0) is 16.1 Å². The molecule has 1 rings (SSSR count). The second kappa shape index (κ2) is 7.01. The zero-order valence-electron chi connectivity index (χ0n) is 9.39. The van der Waals surface area contributed by atoms with Gasteiger partial charge in [0.05, 0.1) is 0 Å². The van der Waals surface area contributed by atoms with E-state index in [9.17, 15) is 4.79 Å². The Bertz CT molecular complexity index is 311. The quantitative estimate of drug-likeness (QED) is 0.746. The average molecular weight is 220 g/mol. The lowest BCUT2D eigenvalue weighted by Gasteiger charge is -2.10. The fourth-order valence-electron chi connectivity index (χ4n) is 1.32. The van der Waals surface area contributed by atoms with E-state index in [1.54, 1.807) is 0 Å². The Balaban J connectivity index is 2.29. The lowest BCUT2D eigenvalue weighted by Crippen LogP contribution is -2.32. The van der Waals surface area contributed by atoms with E-state index >= 15 is 0 Å². The van der Waals surface area contributed by atoms with Gasteiger partial charge >= 0.3 is 5.97 Å². The Labute approximate surface area is 96.6 Å². The molecule has 0 aliphatic heterocycles. The number of ether oxygens (including phenoxy) is 1. The smallest absolute Gasteiger partial charge is 0.323 e. The number of unbranched alkanes of at least 4 members (excludes halogenated alkanes) is 1. The lowest BCUT2D eigenvalue weighted by molar-refractivity contribution is -0.146. The summed E-state index contributed by atoms with van der Waals surface area (Å²) in [4.78, 5) is 11.5. The highest BCUT2D eigenvalue weighted by atomic mass is 16.5. The van der Waals surface area contributed by atoms with E-state index in [2.05, 4.69) is 6.92 Å². The lowest BCUT2D eigenvalue weighted by atomic mass is 10.1. The van der Waals surface area contributed by atoms with Crippen molar-refractivity contribution in [3.63, 3.8) is 0 Å². The number of carbonyl (C=O) groups excluding carboxylic acids is 1. The number of hydrogen-bond acceptors (Lipinski definition) is 3. The van der Waals surface area contributed by atoms with Crippen LogP contribution in [0.15, 0.2) is 30.3 Å². The Morgan fingerprint density at radius 2 is 2.06 bits per heavy atom. The molecule has 2 N–H and O–H groups in total. The first-order valence-electron chi connectivity index (χ1n) is 5.49. The van der Waals surface area contributed by atoms with Gasteiger partial charge in [-0.25, -0.2) is 0 Å². The molecule has 1 atom stereocenters. The van der Waals surface area contributed by atoms with Crippen molar-refractivity contribution in [1.29, 1.82) is 0 Å². The summed E-state index contributed by atoms with van der Waals surface area (Å²) in [5.74, 6) is -0.336. The Morgan fingerprint density at radius 3 is 2.69 bits per heavy atom. The first-order valence-corrected chi connectivity index (χ1v) is 5.49. The van der Waals surface area contributed by atoms with Crippen molar-refractivity contribution >= 4 is 5.97 Å². The fraction of sp³-hybridized carbons (Fsp3) is 0.385. The zero-order chi connectivity index (χ0) is 11.8. The molecular weight excluding hydrogens is 202 g/mol. The number of hydrogen-bond donors (Lipinski definition) is 1. The average Bonchev–Trinajstić information content (AvgIpc) is 2.34. The summed E-state index contributed by atoms with van der Waals surface area (Å²) < 4.78 is 5.10. The molecule has 3 heteroatoms. The van der Waals surface area contributed by atoms with Crippen molar-refractivity contribution in [2.45, 2.75) is 31.9 Å². The highest BCUT2D eigenvalue weighted by Gasteiger charge is 2.13. The van der Waals surface area contributed by atoms with Gasteiger partial charge in [0.15, 0.2) is 0 Å². The van der Waals surface area contributed by atoms with E-state index in [-0.39, 0.29) is 12.6 Å². The number of rotatable bonds is 6. The van der Waals surface area contributed by atoms with Crippen molar-refractivity contribution in [2.24, 2.45) is 5.73 Å². The van der Waals surface area contributed by atoms with Crippen LogP contribution in [0.25, 0.3) is 0 Å². The molecule has 0 fully saturated rings. The second-order valence-corrected chi connectivity index (χ2v) is 3.70. The van der Waals surface area contributed by atoms with Crippen LogP contribution in [-0.4, -0.2) is 12.0 Å². The van der Waals surface area contributed by atoms with Gasteiger partial charge in [-0.1, -0.05) is 50.1 Å². The maximum absolute atomic E-state index is 11.5. The third-order valence-electron chi connectivity index (χ3n) is 2.29. The van der Waals surface area contributed by atoms with E-state index in [1.807, 2.05) is 30.3 Å². The van der Waals surface area contributed by atoms with E-state index in [1.165, 1.54) is 0 Å². The van der Waals surface area contributed by atoms with E-state index < -0.39 is 6.04 Å². The molecule has 0 amide bonds. The number of benzene rings is 1. The molecule has 87 valence electrons. The predicted molar refractivity (Wildman–Crippen MR) is 63.4 cm³/mol. The Hall–Kier alpha value is -1.35. The molecule has 0 aliphatic rings. The molecule has 0 saturated carbocycles. The largest absolute Gasteiger partial charge is 0.460 e. The van der Waals surface area contributed by atoms with Crippen LogP contribution in [0.4, 0.5) is 0 Å². The number of carbonyl (C=O) groups is 1. The minimum absolute atomic E-state index is 0.289. The Morgan fingerprint density at radius 1 is 1.38 bits per heavy atom.